The SMILES string of the molecule is CN1CCCC(NC(=O)c2cc(Cl)c(N)c([N+](=O)[O-])c2)C1. The van der Waals surface area contributed by atoms with E-state index in [2.05, 4.69) is 10.2 Å². The zero-order valence-corrected chi connectivity index (χ0v) is 12.4. The van der Waals surface area contributed by atoms with E-state index in [4.69, 9.17) is 17.3 Å². The first kappa shape index (κ1) is 15.5. The van der Waals surface area contributed by atoms with Crippen LogP contribution in [0.15, 0.2) is 12.1 Å². The molecule has 1 aliphatic heterocycles. The third-order valence-electron chi connectivity index (χ3n) is 3.53. The topological polar surface area (TPSA) is 102 Å². The lowest BCUT2D eigenvalue weighted by Gasteiger charge is -2.30. The number of benzene rings is 1. The van der Waals surface area contributed by atoms with Crippen LogP contribution in [-0.4, -0.2) is 41.9 Å². The Bertz CT molecular complexity index is 579. The number of nitro groups is 1. The molecule has 1 atom stereocenters. The second-order valence-electron chi connectivity index (χ2n) is 5.22. The smallest absolute Gasteiger partial charge is 0.294 e. The summed E-state index contributed by atoms with van der Waals surface area (Å²) >= 11 is 5.86. The van der Waals surface area contributed by atoms with Gasteiger partial charge in [0.15, 0.2) is 0 Å². The molecule has 0 spiro atoms. The van der Waals surface area contributed by atoms with E-state index in [9.17, 15) is 14.9 Å². The Hall–Kier alpha value is -1.86. The molecule has 21 heavy (non-hydrogen) atoms. The van der Waals surface area contributed by atoms with E-state index >= 15 is 0 Å². The zero-order chi connectivity index (χ0) is 15.6. The van der Waals surface area contributed by atoms with Gasteiger partial charge >= 0.3 is 0 Å². The molecule has 1 saturated heterocycles. The number of likely N-dealkylation sites (N-methyl/N-ethyl adjacent to an activating group) is 1. The predicted molar refractivity (Wildman–Crippen MR) is 80.5 cm³/mol. The molecule has 2 rings (SSSR count). The highest BCUT2D eigenvalue weighted by molar-refractivity contribution is 6.34. The number of nitrogens with zero attached hydrogens (tertiary/aromatic N) is 2. The molecular weight excluding hydrogens is 296 g/mol. The Morgan fingerprint density at radius 3 is 2.90 bits per heavy atom. The van der Waals surface area contributed by atoms with Crippen LogP contribution in [0.3, 0.4) is 0 Å². The van der Waals surface area contributed by atoms with Crippen molar-refractivity contribution in [1.29, 1.82) is 0 Å². The van der Waals surface area contributed by atoms with Crippen LogP contribution < -0.4 is 11.1 Å². The number of anilines is 1. The van der Waals surface area contributed by atoms with Gasteiger partial charge in [-0.05, 0) is 32.5 Å². The van der Waals surface area contributed by atoms with Crippen molar-refractivity contribution in [3.05, 3.63) is 32.8 Å². The Morgan fingerprint density at radius 1 is 1.57 bits per heavy atom. The first-order chi connectivity index (χ1) is 9.88. The van der Waals surface area contributed by atoms with Gasteiger partial charge in [-0.25, -0.2) is 0 Å². The third kappa shape index (κ3) is 3.62. The molecule has 0 saturated carbocycles. The van der Waals surface area contributed by atoms with Crippen LogP contribution in [0, 0.1) is 10.1 Å². The summed E-state index contributed by atoms with van der Waals surface area (Å²) in [5.74, 6) is -0.375. The number of hydrogen-bond acceptors (Lipinski definition) is 5. The quantitative estimate of drug-likeness (QED) is 0.502. The van der Waals surface area contributed by atoms with Gasteiger partial charge in [-0.15, -0.1) is 0 Å². The number of likely N-dealkylation sites (tertiary alicyclic amines) is 1. The van der Waals surface area contributed by atoms with Gasteiger partial charge in [-0.3, -0.25) is 14.9 Å². The molecule has 1 heterocycles. The summed E-state index contributed by atoms with van der Waals surface area (Å²) in [6.45, 7) is 1.77. The number of hydrogen-bond donors (Lipinski definition) is 2. The number of nitrogens with two attached hydrogens (primary N) is 1. The van der Waals surface area contributed by atoms with E-state index in [1.807, 2.05) is 7.05 Å². The number of nitro benzene ring substituents is 1. The van der Waals surface area contributed by atoms with E-state index in [-0.39, 0.29) is 33.9 Å². The van der Waals surface area contributed by atoms with Gasteiger partial charge in [0.1, 0.15) is 5.69 Å². The molecule has 0 aromatic heterocycles. The van der Waals surface area contributed by atoms with Gasteiger partial charge < -0.3 is 16.0 Å². The van der Waals surface area contributed by atoms with Gasteiger partial charge in [0.05, 0.1) is 9.95 Å². The second kappa shape index (κ2) is 6.28. The fraction of sp³-hybridized carbons (Fsp3) is 0.462. The normalized spacial score (nSPS) is 19.2. The van der Waals surface area contributed by atoms with Gasteiger partial charge in [-0.2, -0.15) is 0 Å². The molecule has 1 aromatic rings. The number of nitrogens with one attached hydrogen (secondary N) is 1. The highest BCUT2D eigenvalue weighted by Crippen LogP contribution is 2.30. The van der Waals surface area contributed by atoms with Crippen molar-refractivity contribution in [2.24, 2.45) is 0 Å². The lowest BCUT2D eigenvalue weighted by molar-refractivity contribution is -0.383. The van der Waals surface area contributed by atoms with E-state index in [0.29, 0.717) is 0 Å². The van der Waals surface area contributed by atoms with Gasteiger partial charge in [-0.1, -0.05) is 11.6 Å². The number of piperidine rings is 1. The maximum atomic E-state index is 12.2. The largest absolute Gasteiger partial charge is 0.392 e. The van der Waals surface area contributed by atoms with E-state index in [0.717, 1.165) is 32.0 Å². The van der Waals surface area contributed by atoms with Crippen molar-refractivity contribution in [1.82, 2.24) is 10.2 Å². The van der Waals surface area contributed by atoms with Gasteiger partial charge in [0.25, 0.3) is 11.6 Å². The van der Waals surface area contributed by atoms with Crippen LogP contribution in [0.25, 0.3) is 0 Å². The van der Waals surface area contributed by atoms with Crippen molar-refractivity contribution < 1.29 is 9.72 Å². The summed E-state index contributed by atoms with van der Waals surface area (Å²) in [5, 5.41) is 13.8. The molecule has 0 bridgehead atoms. The summed E-state index contributed by atoms with van der Waals surface area (Å²) in [7, 11) is 1.99. The van der Waals surface area contributed by atoms with Crippen LogP contribution >= 0.6 is 11.6 Å². The van der Waals surface area contributed by atoms with Crippen molar-refractivity contribution in [3.63, 3.8) is 0 Å². The number of carbonyl (C=O) groups is 1. The number of carbonyl (C=O) groups excluding carboxylic acids is 1. The first-order valence-electron chi connectivity index (χ1n) is 6.61. The van der Waals surface area contributed by atoms with Crippen molar-refractivity contribution >= 4 is 28.9 Å². The third-order valence-corrected chi connectivity index (χ3v) is 3.84. The molecule has 8 heteroatoms. The van der Waals surface area contributed by atoms with Crippen LogP contribution in [0.2, 0.25) is 5.02 Å². The van der Waals surface area contributed by atoms with Crippen molar-refractivity contribution in [2.45, 2.75) is 18.9 Å². The molecule has 1 aliphatic rings. The summed E-state index contributed by atoms with van der Waals surface area (Å²) in [5.41, 5.74) is 5.21. The Labute approximate surface area is 127 Å². The lowest BCUT2D eigenvalue weighted by Crippen LogP contribution is -2.46. The fourth-order valence-corrected chi connectivity index (χ4v) is 2.65. The monoisotopic (exact) mass is 312 g/mol. The fourth-order valence-electron chi connectivity index (χ4n) is 2.44. The maximum absolute atomic E-state index is 12.2. The number of halogens is 1. The maximum Gasteiger partial charge on any atom is 0.294 e. The molecule has 1 aromatic carbocycles. The minimum atomic E-state index is -0.646. The van der Waals surface area contributed by atoms with E-state index in [1.165, 1.54) is 6.07 Å². The number of amides is 1. The van der Waals surface area contributed by atoms with Gasteiger partial charge in [0, 0.05) is 24.2 Å². The van der Waals surface area contributed by atoms with Crippen LogP contribution in [-0.2, 0) is 0 Å². The molecule has 1 amide bonds. The lowest BCUT2D eigenvalue weighted by atomic mass is 10.1. The Morgan fingerprint density at radius 2 is 2.29 bits per heavy atom. The molecule has 1 unspecified atom stereocenters. The molecule has 1 fully saturated rings. The molecule has 0 aliphatic carbocycles. The van der Waals surface area contributed by atoms with Crippen LogP contribution in [0.5, 0.6) is 0 Å². The van der Waals surface area contributed by atoms with Crippen LogP contribution in [0.1, 0.15) is 23.2 Å². The predicted octanol–water partition coefficient (Wildman–Crippen LogP) is 1.65. The zero-order valence-electron chi connectivity index (χ0n) is 11.6. The highest BCUT2D eigenvalue weighted by Gasteiger charge is 2.23. The number of rotatable bonds is 3. The summed E-state index contributed by atoms with van der Waals surface area (Å²) in [6.07, 6.45) is 1.89. The molecular formula is C13H17ClN4O3. The minimum Gasteiger partial charge on any atom is -0.392 e. The summed E-state index contributed by atoms with van der Waals surface area (Å²) in [4.78, 5) is 24.6. The Kier molecular flexibility index (Phi) is 4.64. The van der Waals surface area contributed by atoms with Gasteiger partial charge in [0.2, 0.25) is 0 Å². The number of nitrogen functional groups attached to an aromatic ring is 1. The second-order valence-corrected chi connectivity index (χ2v) is 5.63. The molecule has 114 valence electrons. The Balaban J connectivity index is 2.17. The summed E-state index contributed by atoms with van der Waals surface area (Å²) in [6, 6.07) is 2.54. The standard InChI is InChI=1S/C13H17ClN4O3/c1-17-4-2-3-9(7-17)16-13(19)8-5-10(14)12(15)11(6-8)18(20)21/h5-6,9H,2-4,7,15H2,1H3,(H,16,19). The van der Waals surface area contributed by atoms with E-state index in [1.54, 1.807) is 0 Å². The highest BCUT2D eigenvalue weighted by atomic mass is 35.5. The van der Waals surface area contributed by atoms with Crippen molar-refractivity contribution in [2.75, 3.05) is 25.9 Å². The average Bonchev–Trinajstić information content (AvgIpc) is 2.41. The van der Waals surface area contributed by atoms with Crippen molar-refractivity contribution in [3.8, 4) is 0 Å². The average molecular weight is 313 g/mol. The van der Waals surface area contributed by atoms with Crippen LogP contribution in [0.4, 0.5) is 11.4 Å². The first-order valence-corrected chi connectivity index (χ1v) is 6.99. The van der Waals surface area contributed by atoms with E-state index < -0.39 is 4.92 Å². The molecule has 3 N–H and O–H groups in total. The minimum absolute atomic E-state index is 0.00936. The molecule has 0 radical (unpaired) electrons. The molecule has 7 nitrogen and oxygen atoms in total. The summed E-state index contributed by atoms with van der Waals surface area (Å²) < 4.78 is 0.